The highest BCUT2D eigenvalue weighted by Gasteiger charge is 2.36. The molecule has 0 spiro atoms. The lowest BCUT2D eigenvalue weighted by molar-refractivity contribution is 0.401. The Morgan fingerprint density at radius 3 is 2.75 bits per heavy atom. The molecule has 0 aromatic carbocycles. The highest BCUT2D eigenvalue weighted by molar-refractivity contribution is 7.90. The van der Waals surface area contributed by atoms with Gasteiger partial charge in [-0.25, -0.2) is 8.42 Å². The van der Waals surface area contributed by atoms with Gasteiger partial charge in [-0.3, -0.25) is 4.98 Å². The molecule has 1 fully saturated rings. The Morgan fingerprint density at radius 1 is 1.50 bits per heavy atom. The van der Waals surface area contributed by atoms with Crippen molar-refractivity contribution in [3.63, 3.8) is 0 Å². The maximum atomic E-state index is 11.8. The minimum Gasteiger partial charge on any atom is -0.264 e. The van der Waals surface area contributed by atoms with E-state index in [1.807, 2.05) is 6.07 Å². The maximum Gasteiger partial charge on any atom is 0.228 e. The Bertz CT molecular complexity index is 445. The van der Waals surface area contributed by atoms with Crippen LogP contribution in [-0.2, 0) is 16.6 Å². The zero-order chi connectivity index (χ0) is 11.6. The van der Waals surface area contributed by atoms with Crippen LogP contribution in [0.2, 0.25) is 0 Å². The van der Waals surface area contributed by atoms with Gasteiger partial charge in [0.2, 0.25) is 10.0 Å². The molecule has 6 heteroatoms. The number of nitrogens with zero attached hydrogens (tertiary/aromatic N) is 2. The molecule has 0 amide bonds. The lowest BCUT2D eigenvalue weighted by atomic mass is 10.3. The van der Waals surface area contributed by atoms with Crippen molar-refractivity contribution in [1.82, 2.24) is 9.29 Å². The van der Waals surface area contributed by atoms with Crippen LogP contribution in [0.3, 0.4) is 0 Å². The second-order valence-corrected chi connectivity index (χ2v) is 6.36. The number of pyridine rings is 1. The van der Waals surface area contributed by atoms with E-state index in [9.17, 15) is 8.42 Å². The van der Waals surface area contributed by atoms with Crippen molar-refractivity contribution in [2.24, 2.45) is 0 Å². The summed E-state index contributed by atoms with van der Waals surface area (Å²) in [5, 5.41) is -0.357. The van der Waals surface area contributed by atoms with Gasteiger partial charge in [0, 0.05) is 25.0 Å². The smallest absolute Gasteiger partial charge is 0.228 e. The predicted octanol–water partition coefficient (Wildman–Crippen LogP) is 1.57. The van der Waals surface area contributed by atoms with Crippen LogP contribution in [0.15, 0.2) is 24.5 Å². The average Bonchev–Trinajstić information content (AvgIpc) is 3.11. The van der Waals surface area contributed by atoms with E-state index in [-0.39, 0.29) is 11.3 Å². The summed E-state index contributed by atoms with van der Waals surface area (Å²) >= 11 is 5.48. The molecule has 1 aliphatic carbocycles. The van der Waals surface area contributed by atoms with Crippen molar-refractivity contribution < 1.29 is 8.42 Å². The van der Waals surface area contributed by atoms with Gasteiger partial charge in [0.15, 0.2) is 0 Å². The fraction of sp³-hybridized carbons (Fsp3) is 0.500. The van der Waals surface area contributed by atoms with Gasteiger partial charge in [-0.05, 0) is 24.5 Å². The summed E-state index contributed by atoms with van der Waals surface area (Å²) in [6.45, 7) is 0.369. The van der Waals surface area contributed by atoms with Gasteiger partial charge in [0.05, 0.1) is 0 Å². The molecule has 0 bridgehead atoms. The summed E-state index contributed by atoms with van der Waals surface area (Å²) in [5.41, 5.74) is 0.892. The summed E-state index contributed by atoms with van der Waals surface area (Å²) in [4.78, 5) is 3.97. The molecule has 0 saturated heterocycles. The second-order valence-electron chi connectivity index (χ2n) is 3.86. The van der Waals surface area contributed by atoms with E-state index >= 15 is 0 Å². The second kappa shape index (κ2) is 4.69. The fourth-order valence-electron chi connectivity index (χ4n) is 1.55. The summed E-state index contributed by atoms with van der Waals surface area (Å²) in [5.74, 6) is 0. The van der Waals surface area contributed by atoms with Gasteiger partial charge < -0.3 is 0 Å². The first-order chi connectivity index (χ1) is 7.63. The maximum absolute atomic E-state index is 11.8. The summed E-state index contributed by atoms with van der Waals surface area (Å²) < 4.78 is 25.0. The predicted molar refractivity (Wildman–Crippen MR) is 62.4 cm³/mol. The molecule has 0 N–H and O–H groups in total. The molecule has 16 heavy (non-hydrogen) atoms. The number of hydrogen-bond acceptors (Lipinski definition) is 3. The largest absolute Gasteiger partial charge is 0.264 e. The molecule has 0 unspecified atom stereocenters. The van der Waals surface area contributed by atoms with Crippen molar-refractivity contribution >= 4 is 21.6 Å². The van der Waals surface area contributed by atoms with Crippen molar-refractivity contribution in [3.8, 4) is 0 Å². The van der Waals surface area contributed by atoms with Gasteiger partial charge in [0.1, 0.15) is 5.21 Å². The number of sulfonamides is 1. The van der Waals surface area contributed by atoms with Gasteiger partial charge in [-0.1, -0.05) is 6.07 Å². The fourth-order valence-corrected chi connectivity index (χ4v) is 3.06. The van der Waals surface area contributed by atoms with E-state index < -0.39 is 10.0 Å². The topological polar surface area (TPSA) is 50.3 Å². The van der Waals surface area contributed by atoms with Gasteiger partial charge in [-0.15, -0.1) is 11.6 Å². The van der Waals surface area contributed by atoms with E-state index in [1.54, 1.807) is 18.5 Å². The van der Waals surface area contributed by atoms with Gasteiger partial charge >= 0.3 is 0 Å². The minimum atomic E-state index is -3.32. The van der Waals surface area contributed by atoms with E-state index in [0.717, 1.165) is 18.4 Å². The first kappa shape index (κ1) is 11.8. The van der Waals surface area contributed by atoms with Crippen LogP contribution in [0.25, 0.3) is 0 Å². The van der Waals surface area contributed by atoms with Gasteiger partial charge in [-0.2, -0.15) is 4.31 Å². The molecule has 1 heterocycles. The first-order valence-electron chi connectivity index (χ1n) is 5.08. The Morgan fingerprint density at radius 2 is 2.25 bits per heavy atom. The lowest BCUT2D eigenvalue weighted by Crippen LogP contribution is -2.33. The molecule has 1 aromatic heterocycles. The van der Waals surface area contributed by atoms with Crippen LogP contribution in [0.4, 0.5) is 0 Å². The molecule has 0 atom stereocenters. The molecule has 1 aromatic rings. The number of hydrogen-bond donors (Lipinski definition) is 0. The van der Waals surface area contributed by atoms with Crippen molar-refractivity contribution in [2.75, 3.05) is 5.21 Å². The third-order valence-electron chi connectivity index (χ3n) is 2.51. The Kier molecular flexibility index (Phi) is 3.47. The number of rotatable bonds is 5. The molecule has 4 nitrogen and oxygen atoms in total. The monoisotopic (exact) mass is 260 g/mol. The summed E-state index contributed by atoms with van der Waals surface area (Å²) in [6.07, 6.45) is 5.20. The SMILES string of the molecule is O=S(=O)(CCl)N(Cc1cccnc1)C1CC1. The molecule has 1 aliphatic rings. The number of aromatic nitrogens is 1. The van der Waals surface area contributed by atoms with Crippen LogP contribution in [-0.4, -0.2) is 29.0 Å². The number of halogens is 1. The zero-order valence-corrected chi connectivity index (χ0v) is 10.3. The molecule has 2 rings (SSSR count). The summed E-state index contributed by atoms with van der Waals surface area (Å²) in [6, 6.07) is 3.80. The van der Waals surface area contributed by atoms with Crippen LogP contribution >= 0.6 is 11.6 Å². The van der Waals surface area contributed by atoms with Crippen molar-refractivity contribution in [1.29, 1.82) is 0 Å². The van der Waals surface area contributed by atoms with E-state index in [1.165, 1.54) is 4.31 Å². The minimum absolute atomic E-state index is 0.129. The van der Waals surface area contributed by atoms with Crippen LogP contribution < -0.4 is 0 Å². The highest BCUT2D eigenvalue weighted by atomic mass is 35.5. The Hall–Kier alpha value is -0.650. The molecule has 1 saturated carbocycles. The lowest BCUT2D eigenvalue weighted by Gasteiger charge is -2.20. The molecule has 0 aliphatic heterocycles. The van der Waals surface area contributed by atoms with E-state index in [0.29, 0.717) is 6.54 Å². The molecular formula is C10H13ClN2O2S. The Labute approximate surface area is 100 Å². The average molecular weight is 261 g/mol. The van der Waals surface area contributed by atoms with Crippen molar-refractivity contribution in [3.05, 3.63) is 30.1 Å². The normalized spacial score (nSPS) is 16.6. The highest BCUT2D eigenvalue weighted by Crippen LogP contribution is 2.31. The number of alkyl halides is 1. The quantitative estimate of drug-likeness (QED) is 0.755. The molecular weight excluding hydrogens is 248 g/mol. The molecule has 88 valence electrons. The van der Waals surface area contributed by atoms with Crippen LogP contribution in [0.5, 0.6) is 0 Å². The van der Waals surface area contributed by atoms with Gasteiger partial charge in [0.25, 0.3) is 0 Å². The zero-order valence-electron chi connectivity index (χ0n) is 8.71. The van der Waals surface area contributed by atoms with Crippen molar-refractivity contribution in [2.45, 2.75) is 25.4 Å². The first-order valence-corrected chi connectivity index (χ1v) is 7.22. The van der Waals surface area contributed by atoms with E-state index in [2.05, 4.69) is 4.98 Å². The van der Waals surface area contributed by atoms with E-state index in [4.69, 9.17) is 11.6 Å². The molecule has 0 radical (unpaired) electrons. The van der Waals surface area contributed by atoms with Crippen LogP contribution in [0, 0.1) is 0 Å². The van der Waals surface area contributed by atoms with Crippen LogP contribution in [0.1, 0.15) is 18.4 Å². The standard InChI is InChI=1S/C10H13ClN2O2S/c11-8-16(14,15)13(10-3-4-10)7-9-2-1-5-12-6-9/h1-2,5-6,10H,3-4,7-8H2. The summed E-state index contributed by atoms with van der Waals surface area (Å²) in [7, 11) is -3.32. The third-order valence-corrected chi connectivity index (χ3v) is 4.76. The Balaban J connectivity index is 2.16. The third kappa shape index (κ3) is 2.72.